The minimum atomic E-state index is -0.184. The minimum Gasteiger partial charge on any atom is -0.350 e. The van der Waals surface area contributed by atoms with Crippen LogP contribution >= 0.6 is 15.9 Å². The van der Waals surface area contributed by atoms with Crippen LogP contribution < -0.4 is 10.6 Å². The second-order valence-corrected chi connectivity index (χ2v) is 6.01. The summed E-state index contributed by atoms with van der Waals surface area (Å²) in [7, 11) is 1.77. The van der Waals surface area contributed by atoms with E-state index in [4.69, 9.17) is 0 Å². The Kier molecular flexibility index (Phi) is 5.82. The van der Waals surface area contributed by atoms with Gasteiger partial charge in [0.25, 0.3) is 0 Å². The lowest BCUT2D eigenvalue weighted by atomic mass is 9.95. The van der Waals surface area contributed by atoms with E-state index >= 15 is 0 Å². The molecule has 100 valence electrons. The fourth-order valence-corrected chi connectivity index (χ4v) is 2.24. The van der Waals surface area contributed by atoms with Crippen molar-refractivity contribution in [1.29, 1.82) is 0 Å². The molecule has 2 N–H and O–H groups in total. The number of nitrogens with one attached hydrogen (secondary N) is 2. The number of amides is 1. The number of hydrogen-bond acceptors (Lipinski definition) is 2. The monoisotopic (exact) mass is 312 g/mol. The first kappa shape index (κ1) is 15.2. The van der Waals surface area contributed by atoms with Crippen LogP contribution in [0.3, 0.4) is 0 Å². The highest BCUT2D eigenvalue weighted by Crippen LogP contribution is 2.17. The van der Waals surface area contributed by atoms with Gasteiger partial charge in [-0.05, 0) is 51.4 Å². The Hall–Kier alpha value is -0.870. The standard InChI is InChI=1S/C14H21BrN2O/c1-14(2,17-13(18)10-16-3)8-7-11-5-4-6-12(15)9-11/h4-6,9,16H,7-8,10H2,1-3H3,(H,17,18). The second kappa shape index (κ2) is 6.90. The summed E-state index contributed by atoms with van der Waals surface area (Å²) in [6.45, 7) is 4.47. The van der Waals surface area contributed by atoms with Gasteiger partial charge in [-0.25, -0.2) is 0 Å². The largest absolute Gasteiger partial charge is 0.350 e. The number of likely N-dealkylation sites (N-methyl/N-ethyl adjacent to an activating group) is 1. The molecule has 1 rings (SSSR count). The van der Waals surface area contributed by atoms with Gasteiger partial charge in [-0.15, -0.1) is 0 Å². The molecule has 0 radical (unpaired) electrons. The third kappa shape index (κ3) is 5.65. The van der Waals surface area contributed by atoms with E-state index in [9.17, 15) is 4.79 Å². The number of carbonyl (C=O) groups is 1. The fourth-order valence-electron chi connectivity index (χ4n) is 1.79. The lowest BCUT2D eigenvalue weighted by Gasteiger charge is -2.26. The van der Waals surface area contributed by atoms with E-state index in [1.165, 1.54) is 5.56 Å². The van der Waals surface area contributed by atoms with Crippen molar-refractivity contribution >= 4 is 21.8 Å². The zero-order chi connectivity index (χ0) is 13.6. The van der Waals surface area contributed by atoms with Crippen LogP contribution in [0.4, 0.5) is 0 Å². The number of rotatable bonds is 6. The summed E-state index contributed by atoms with van der Waals surface area (Å²) in [6.07, 6.45) is 1.87. The zero-order valence-corrected chi connectivity index (χ0v) is 12.8. The van der Waals surface area contributed by atoms with Gasteiger partial charge in [-0.3, -0.25) is 4.79 Å². The SMILES string of the molecule is CNCC(=O)NC(C)(C)CCc1cccc(Br)c1. The zero-order valence-electron chi connectivity index (χ0n) is 11.2. The highest BCUT2D eigenvalue weighted by atomic mass is 79.9. The van der Waals surface area contributed by atoms with Gasteiger partial charge >= 0.3 is 0 Å². The molecule has 0 heterocycles. The minimum absolute atomic E-state index is 0.0387. The van der Waals surface area contributed by atoms with Crippen molar-refractivity contribution in [3.63, 3.8) is 0 Å². The number of aryl methyl sites for hydroxylation is 1. The maximum Gasteiger partial charge on any atom is 0.234 e. The lowest BCUT2D eigenvalue weighted by molar-refractivity contribution is -0.121. The van der Waals surface area contributed by atoms with E-state index < -0.39 is 0 Å². The van der Waals surface area contributed by atoms with Crippen LogP contribution in [0.15, 0.2) is 28.7 Å². The highest BCUT2D eigenvalue weighted by Gasteiger charge is 2.19. The van der Waals surface area contributed by atoms with Crippen molar-refractivity contribution in [3.8, 4) is 0 Å². The van der Waals surface area contributed by atoms with E-state index in [1.807, 2.05) is 12.1 Å². The molecule has 3 nitrogen and oxygen atoms in total. The predicted molar refractivity (Wildman–Crippen MR) is 78.6 cm³/mol. The Balaban J connectivity index is 2.48. The van der Waals surface area contributed by atoms with Crippen molar-refractivity contribution in [2.45, 2.75) is 32.2 Å². The summed E-state index contributed by atoms with van der Waals surface area (Å²) in [6, 6.07) is 8.27. The molecule has 1 aromatic carbocycles. The molecule has 0 bridgehead atoms. The van der Waals surface area contributed by atoms with Gasteiger partial charge < -0.3 is 10.6 Å². The normalized spacial score (nSPS) is 11.3. The number of benzene rings is 1. The van der Waals surface area contributed by atoms with Gasteiger partial charge in [0.1, 0.15) is 0 Å². The summed E-state index contributed by atoms with van der Waals surface area (Å²) < 4.78 is 1.09. The Morgan fingerprint density at radius 1 is 1.39 bits per heavy atom. The molecule has 0 saturated carbocycles. The predicted octanol–water partition coefficient (Wildman–Crippen LogP) is 2.50. The first-order valence-corrected chi connectivity index (χ1v) is 6.92. The van der Waals surface area contributed by atoms with Crippen LogP contribution in [-0.4, -0.2) is 25.0 Å². The second-order valence-electron chi connectivity index (χ2n) is 5.09. The first-order valence-electron chi connectivity index (χ1n) is 6.13. The van der Waals surface area contributed by atoms with Gasteiger partial charge in [0.2, 0.25) is 5.91 Å². The van der Waals surface area contributed by atoms with E-state index in [0.29, 0.717) is 6.54 Å². The molecule has 0 aliphatic carbocycles. The van der Waals surface area contributed by atoms with Gasteiger partial charge in [-0.2, -0.15) is 0 Å². The third-order valence-electron chi connectivity index (χ3n) is 2.74. The van der Waals surface area contributed by atoms with E-state index in [1.54, 1.807) is 7.05 Å². The molecule has 0 spiro atoms. The molecule has 0 aliphatic heterocycles. The maximum atomic E-state index is 11.5. The fraction of sp³-hybridized carbons (Fsp3) is 0.500. The van der Waals surface area contributed by atoms with Gasteiger partial charge in [0.15, 0.2) is 0 Å². The van der Waals surface area contributed by atoms with E-state index in [-0.39, 0.29) is 11.4 Å². The van der Waals surface area contributed by atoms with Crippen molar-refractivity contribution in [2.24, 2.45) is 0 Å². The average Bonchev–Trinajstić information content (AvgIpc) is 2.26. The Morgan fingerprint density at radius 2 is 2.11 bits per heavy atom. The van der Waals surface area contributed by atoms with Crippen molar-refractivity contribution in [3.05, 3.63) is 34.3 Å². The molecule has 0 aliphatic rings. The summed E-state index contributed by atoms with van der Waals surface area (Å²) in [5.41, 5.74) is 1.09. The number of hydrogen-bond donors (Lipinski definition) is 2. The lowest BCUT2D eigenvalue weighted by Crippen LogP contribution is -2.46. The molecule has 0 saturated heterocycles. The molecule has 0 atom stereocenters. The average molecular weight is 313 g/mol. The topological polar surface area (TPSA) is 41.1 Å². The van der Waals surface area contributed by atoms with E-state index in [0.717, 1.165) is 17.3 Å². The summed E-state index contributed by atoms with van der Waals surface area (Å²) >= 11 is 3.47. The smallest absolute Gasteiger partial charge is 0.234 e. The van der Waals surface area contributed by atoms with Crippen molar-refractivity contribution in [1.82, 2.24) is 10.6 Å². The third-order valence-corrected chi connectivity index (χ3v) is 3.24. The Bertz CT molecular complexity index is 405. The molecule has 4 heteroatoms. The Labute approximate surface area is 117 Å². The Morgan fingerprint density at radius 3 is 2.72 bits per heavy atom. The molecular weight excluding hydrogens is 292 g/mol. The summed E-state index contributed by atoms with van der Waals surface area (Å²) in [5, 5.41) is 5.88. The first-order chi connectivity index (χ1) is 8.43. The molecule has 18 heavy (non-hydrogen) atoms. The quantitative estimate of drug-likeness (QED) is 0.847. The molecule has 1 amide bonds. The van der Waals surface area contributed by atoms with E-state index in [2.05, 4.69) is 52.5 Å². The van der Waals surface area contributed by atoms with Crippen LogP contribution in [0.25, 0.3) is 0 Å². The maximum absolute atomic E-state index is 11.5. The van der Waals surface area contributed by atoms with Crippen LogP contribution in [0.2, 0.25) is 0 Å². The van der Waals surface area contributed by atoms with Gasteiger partial charge in [0, 0.05) is 10.0 Å². The summed E-state index contributed by atoms with van der Waals surface area (Å²) in [5.74, 6) is 0.0387. The molecule has 0 fully saturated rings. The van der Waals surface area contributed by atoms with Crippen molar-refractivity contribution < 1.29 is 4.79 Å². The van der Waals surface area contributed by atoms with Crippen LogP contribution in [0.5, 0.6) is 0 Å². The summed E-state index contributed by atoms with van der Waals surface area (Å²) in [4.78, 5) is 11.5. The number of carbonyl (C=O) groups excluding carboxylic acids is 1. The van der Waals surface area contributed by atoms with Crippen LogP contribution in [-0.2, 0) is 11.2 Å². The highest BCUT2D eigenvalue weighted by molar-refractivity contribution is 9.10. The van der Waals surface area contributed by atoms with Gasteiger partial charge in [0.05, 0.1) is 6.54 Å². The molecular formula is C14H21BrN2O. The van der Waals surface area contributed by atoms with Crippen molar-refractivity contribution in [2.75, 3.05) is 13.6 Å². The molecule has 1 aromatic rings. The van der Waals surface area contributed by atoms with Gasteiger partial charge in [-0.1, -0.05) is 28.1 Å². The molecule has 0 aromatic heterocycles. The number of halogens is 1. The molecule has 0 unspecified atom stereocenters. The van der Waals surface area contributed by atoms with Crippen LogP contribution in [0, 0.1) is 0 Å². The van der Waals surface area contributed by atoms with Crippen LogP contribution in [0.1, 0.15) is 25.8 Å².